The molecule has 98 valence electrons. The van der Waals surface area contributed by atoms with Gasteiger partial charge in [-0.05, 0) is 18.8 Å². The number of hydrogen-bond donors (Lipinski definition) is 1. The van der Waals surface area contributed by atoms with Crippen LogP contribution in [0, 0.1) is 11.8 Å². The van der Waals surface area contributed by atoms with Gasteiger partial charge in [0.05, 0.1) is 0 Å². The first-order chi connectivity index (χ1) is 7.70. The van der Waals surface area contributed by atoms with Gasteiger partial charge < -0.3 is 10.0 Å². The molecule has 1 aliphatic rings. The Balaban J connectivity index is 2.66. The van der Waals surface area contributed by atoms with Crippen molar-refractivity contribution in [3.8, 4) is 0 Å². The smallest absolute Gasteiger partial charge is 0.406 e. The minimum atomic E-state index is -4.58. The first kappa shape index (κ1) is 13.8. The quantitative estimate of drug-likeness (QED) is 0.808. The molecule has 0 heterocycles. The summed E-state index contributed by atoms with van der Waals surface area (Å²) >= 11 is 0. The molecule has 1 saturated carbocycles. The minimum absolute atomic E-state index is 0.104. The van der Waals surface area contributed by atoms with E-state index in [9.17, 15) is 22.8 Å². The number of amides is 1. The number of carboxylic acids is 1. The second kappa shape index (κ2) is 4.93. The van der Waals surface area contributed by atoms with Crippen LogP contribution in [0.15, 0.2) is 0 Å². The maximum Gasteiger partial charge on any atom is 0.406 e. The Morgan fingerprint density at radius 3 is 2.29 bits per heavy atom. The first-order valence-corrected chi connectivity index (χ1v) is 5.28. The van der Waals surface area contributed by atoms with Crippen LogP contribution in [0.5, 0.6) is 0 Å². The molecule has 1 fully saturated rings. The van der Waals surface area contributed by atoms with E-state index >= 15 is 0 Å². The van der Waals surface area contributed by atoms with Gasteiger partial charge in [0, 0.05) is 5.92 Å². The van der Waals surface area contributed by atoms with Gasteiger partial charge in [-0.15, -0.1) is 0 Å². The van der Waals surface area contributed by atoms with Crippen LogP contribution in [0.4, 0.5) is 13.2 Å². The van der Waals surface area contributed by atoms with Gasteiger partial charge in [-0.2, -0.15) is 13.2 Å². The van der Waals surface area contributed by atoms with Crippen LogP contribution in [0.25, 0.3) is 0 Å². The van der Waals surface area contributed by atoms with E-state index < -0.39 is 37.1 Å². The van der Waals surface area contributed by atoms with Crippen LogP contribution in [0.2, 0.25) is 0 Å². The Labute approximate surface area is 96.4 Å². The van der Waals surface area contributed by atoms with Crippen LogP contribution in [0.1, 0.15) is 19.8 Å². The summed E-state index contributed by atoms with van der Waals surface area (Å²) < 4.78 is 36.6. The summed E-state index contributed by atoms with van der Waals surface area (Å²) in [5, 5.41) is 8.50. The van der Waals surface area contributed by atoms with Crippen molar-refractivity contribution >= 4 is 11.9 Å². The summed E-state index contributed by atoms with van der Waals surface area (Å²) in [6, 6.07) is 0. The normalized spacial score (nSPS) is 17.6. The largest absolute Gasteiger partial charge is 0.480 e. The molecule has 1 atom stereocenters. The van der Waals surface area contributed by atoms with Crippen LogP contribution in [-0.2, 0) is 9.59 Å². The van der Waals surface area contributed by atoms with E-state index in [1.807, 2.05) is 0 Å². The highest BCUT2D eigenvalue weighted by Crippen LogP contribution is 2.37. The molecule has 0 radical (unpaired) electrons. The van der Waals surface area contributed by atoms with Crippen molar-refractivity contribution in [2.75, 3.05) is 13.1 Å². The number of hydrogen-bond acceptors (Lipinski definition) is 2. The maximum atomic E-state index is 12.2. The van der Waals surface area contributed by atoms with Gasteiger partial charge in [0.25, 0.3) is 0 Å². The molecule has 7 heteroatoms. The lowest BCUT2D eigenvalue weighted by atomic mass is 10.0. The predicted octanol–water partition coefficient (Wildman–Crippen LogP) is 1.51. The number of carboxylic acid groups (broad SMARTS) is 1. The van der Waals surface area contributed by atoms with Crippen molar-refractivity contribution in [3.05, 3.63) is 0 Å². The number of nitrogens with zero attached hydrogens (tertiary/aromatic N) is 1. The van der Waals surface area contributed by atoms with E-state index in [-0.39, 0.29) is 5.92 Å². The third-order valence-corrected chi connectivity index (χ3v) is 2.73. The van der Waals surface area contributed by atoms with E-state index in [0.717, 1.165) is 12.8 Å². The molecule has 0 aliphatic heterocycles. The molecule has 1 N–H and O–H groups in total. The molecule has 0 aromatic heterocycles. The van der Waals surface area contributed by atoms with E-state index in [2.05, 4.69) is 0 Å². The maximum absolute atomic E-state index is 12.2. The number of rotatable bonds is 5. The first-order valence-electron chi connectivity index (χ1n) is 5.28. The van der Waals surface area contributed by atoms with E-state index in [1.165, 1.54) is 0 Å². The predicted molar refractivity (Wildman–Crippen MR) is 52.2 cm³/mol. The van der Waals surface area contributed by atoms with Crippen molar-refractivity contribution in [1.82, 2.24) is 4.90 Å². The van der Waals surface area contributed by atoms with Crippen LogP contribution in [0.3, 0.4) is 0 Å². The number of halogens is 3. The van der Waals surface area contributed by atoms with Crippen LogP contribution in [-0.4, -0.2) is 41.1 Å². The van der Waals surface area contributed by atoms with Gasteiger partial charge in [-0.25, -0.2) is 0 Å². The zero-order valence-electron chi connectivity index (χ0n) is 9.33. The zero-order valence-corrected chi connectivity index (χ0v) is 9.33. The lowest BCUT2D eigenvalue weighted by molar-refractivity contribution is -0.168. The van der Waals surface area contributed by atoms with Crippen molar-refractivity contribution in [2.24, 2.45) is 11.8 Å². The molecule has 1 amide bonds. The Morgan fingerprint density at radius 1 is 1.41 bits per heavy atom. The van der Waals surface area contributed by atoms with Gasteiger partial charge >= 0.3 is 12.1 Å². The van der Waals surface area contributed by atoms with Crippen LogP contribution < -0.4 is 0 Å². The monoisotopic (exact) mass is 253 g/mol. The lowest BCUT2D eigenvalue weighted by Gasteiger charge is -2.25. The fourth-order valence-electron chi connectivity index (χ4n) is 1.68. The number of carbonyl (C=O) groups is 2. The van der Waals surface area contributed by atoms with Gasteiger partial charge in [0.2, 0.25) is 5.91 Å². The SMILES string of the molecule is CC(C(=O)N(CC(=O)O)CC(F)(F)F)C1CC1. The number of alkyl halides is 3. The third kappa shape index (κ3) is 4.62. The molecule has 4 nitrogen and oxygen atoms in total. The van der Waals surface area contributed by atoms with Gasteiger partial charge in [-0.1, -0.05) is 6.92 Å². The average Bonchev–Trinajstić information content (AvgIpc) is 2.94. The summed E-state index contributed by atoms with van der Waals surface area (Å²) in [5.41, 5.74) is 0. The van der Waals surface area contributed by atoms with Crippen molar-refractivity contribution < 1.29 is 27.9 Å². The second-order valence-electron chi connectivity index (χ2n) is 4.33. The lowest BCUT2D eigenvalue weighted by Crippen LogP contribution is -2.44. The minimum Gasteiger partial charge on any atom is -0.480 e. The molecule has 0 saturated heterocycles. The van der Waals surface area contributed by atoms with E-state index in [1.54, 1.807) is 6.92 Å². The highest BCUT2D eigenvalue weighted by atomic mass is 19.4. The fraction of sp³-hybridized carbons (Fsp3) is 0.800. The molecule has 1 rings (SSSR count). The summed E-state index contributed by atoms with van der Waals surface area (Å²) in [6.45, 7) is -0.865. The number of carbonyl (C=O) groups excluding carboxylic acids is 1. The summed E-state index contributed by atoms with van der Waals surface area (Å²) in [5.74, 6) is -2.60. The van der Waals surface area contributed by atoms with Crippen LogP contribution >= 0.6 is 0 Å². The fourth-order valence-corrected chi connectivity index (χ4v) is 1.68. The second-order valence-corrected chi connectivity index (χ2v) is 4.33. The zero-order chi connectivity index (χ0) is 13.2. The highest BCUT2D eigenvalue weighted by molar-refractivity contribution is 5.83. The number of aliphatic carboxylic acids is 1. The molecule has 1 unspecified atom stereocenters. The topological polar surface area (TPSA) is 57.6 Å². The Morgan fingerprint density at radius 2 is 1.94 bits per heavy atom. The molecule has 0 aromatic carbocycles. The summed E-state index contributed by atoms with van der Waals surface area (Å²) in [6.07, 6.45) is -2.94. The van der Waals surface area contributed by atoms with Crippen molar-refractivity contribution in [1.29, 1.82) is 0 Å². The van der Waals surface area contributed by atoms with Crippen molar-refractivity contribution in [3.63, 3.8) is 0 Å². The van der Waals surface area contributed by atoms with Gasteiger partial charge in [0.1, 0.15) is 13.1 Å². The summed E-state index contributed by atoms with van der Waals surface area (Å²) in [4.78, 5) is 22.5. The Hall–Kier alpha value is -1.27. The third-order valence-electron chi connectivity index (χ3n) is 2.73. The molecule has 0 aromatic rings. The standard InChI is InChI=1S/C10H14F3NO3/c1-6(7-2-3-7)9(17)14(4-8(15)16)5-10(11,12)13/h6-7H,2-5H2,1H3,(H,15,16). The van der Waals surface area contributed by atoms with E-state index in [4.69, 9.17) is 5.11 Å². The molecule has 1 aliphatic carbocycles. The molecule has 17 heavy (non-hydrogen) atoms. The molecular weight excluding hydrogens is 239 g/mol. The molecule has 0 bridgehead atoms. The Bertz CT molecular complexity index is 312. The van der Waals surface area contributed by atoms with Gasteiger partial charge in [0.15, 0.2) is 0 Å². The average molecular weight is 253 g/mol. The molecule has 0 spiro atoms. The highest BCUT2D eigenvalue weighted by Gasteiger charge is 2.39. The Kier molecular flexibility index (Phi) is 4.00. The summed E-state index contributed by atoms with van der Waals surface area (Å²) in [7, 11) is 0. The van der Waals surface area contributed by atoms with Crippen molar-refractivity contribution in [2.45, 2.75) is 25.9 Å². The van der Waals surface area contributed by atoms with Gasteiger partial charge in [-0.3, -0.25) is 9.59 Å². The molecular formula is C10H14F3NO3. The van der Waals surface area contributed by atoms with E-state index in [0.29, 0.717) is 4.90 Å².